The number of fused-ring (bicyclic) bond motifs is 1. The number of hydrogen-bond donors (Lipinski definition) is 0. The highest BCUT2D eigenvalue weighted by atomic mass is 15.1. The molecule has 0 aliphatic rings. The Morgan fingerprint density at radius 3 is 2.79 bits per heavy atom. The van der Waals surface area contributed by atoms with Gasteiger partial charge in [-0.2, -0.15) is 5.26 Å². The number of nitrogens with zero attached hydrogens (tertiary/aromatic N) is 3. The number of nitriles is 1. The number of para-hydroxylation sites is 1. The van der Waals surface area contributed by atoms with Gasteiger partial charge in [0.15, 0.2) is 0 Å². The minimum atomic E-state index is 0.0205. The van der Waals surface area contributed by atoms with Crippen LogP contribution in [0, 0.1) is 24.2 Å². The summed E-state index contributed by atoms with van der Waals surface area (Å²) >= 11 is 0. The normalized spacial score (nSPS) is 12.1. The fraction of sp³-hybridized carbons (Fsp3) is 0.375. The topological polar surface area (TPSA) is 39.9 Å². The third-order valence-electron chi connectivity index (χ3n) is 3.26. The van der Waals surface area contributed by atoms with Gasteiger partial charge in [0.05, 0.1) is 17.5 Å². The van der Waals surface area contributed by atoms with Gasteiger partial charge in [0.2, 0.25) is 0 Å². The minimum Gasteiger partial charge on any atom is -0.370 e. The molecule has 1 atom stereocenters. The summed E-state index contributed by atoms with van der Waals surface area (Å²) in [7, 11) is 0. The maximum atomic E-state index is 9.00. The smallest absolute Gasteiger partial charge is 0.0726 e. The van der Waals surface area contributed by atoms with Crippen molar-refractivity contribution in [3.05, 3.63) is 36.0 Å². The van der Waals surface area contributed by atoms with Crippen molar-refractivity contribution < 1.29 is 0 Å². The molecule has 0 saturated heterocycles. The standard InChI is InChI=1S/C16H19N3/c1-4-19(11-12(2)10-17)16-9-13(3)18-15-8-6-5-7-14(15)16/h5-9,12H,4,11H2,1-3H3. The minimum absolute atomic E-state index is 0.0205. The van der Waals surface area contributed by atoms with Crippen LogP contribution in [-0.2, 0) is 0 Å². The van der Waals surface area contributed by atoms with E-state index in [2.05, 4.69) is 35.0 Å². The zero-order valence-electron chi connectivity index (χ0n) is 11.7. The SMILES string of the molecule is CCN(CC(C)C#N)c1cc(C)nc2ccccc12. The molecule has 0 fully saturated rings. The van der Waals surface area contributed by atoms with E-state index in [1.165, 1.54) is 5.69 Å². The molecule has 0 spiro atoms. The van der Waals surface area contributed by atoms with E-state index in [1.807, 2.05) is 32.0 Å². The summed E-state index contributed by atoms with van der Waals surface area (Å²) in [5, 5.41) is 10.2. The van der Waals surface area contributed by atoms with Crippen LogP contribution in [0.1, 0.15) is 19.5 Å². The van der Waals surface area contributed by atoms with Crippen molar-refractivity contribution in [2.24, 2.45) is 5.92 Å². The van der Waals surface area contributed by atoms with Gasteiger partial charge in [-0.25, -0.2) is 0 Å². The molecule has 2 aromatic rings. The first-order valence-corrected chi connectivity index (χ1v) is 6.66. The number of anilines is 1. The zero-order valence-corrected chi connectivity index (χ0v) is 11.7. The van der Waals surface area contributed by atoms with E-state index >= 15 is 0 Å². The zero-order chi connectivity index (χ0) is 13.8. The first-order chi connectivity index (χ1) is 9.15. The first kappa shape index (κ1) is 13.4. The molecule has 2 rings (SSSR count). The molecular weight excluding hydrogens is 234 g/mol. The summed E-state index contributed by atoms with van der Waals surface area (Å²) in [5.74, 6) is 0.0205. The van der Waals surface area contributed by atoms with Crippen LogP contribution in [0.3, 0.4) is 0 Å². The average molecular weight is 253 g/mol. The van der Waals surface area contributed by atoms with Gasteiger partial charge in [-0.05, 0) is 32.9 Å². The van der Waals surface area contributed by atoms with Crippen molar-refractivity contribution in [1.29, 1.82) is 5.26 Å². The van der Waals surface area contributed by atoms with Gasteiger partial charge in [-0.1, -0.05) is 18.2 Å². The van der Waals surface area contributed by atoms with E-state index in [0.717, 1.165) is 29.7 Å². The fourth-order valence-electron chi connectivity index (χ4n) is 2.32. The average Bonchev–Trinajstić information content (AvgIpc) is 2.43. The van der Waals surface area contributed by atoms with Crippen LogP contribution in [0.2, 0.25) is 0 Å². The summed E-state index contributed by atoms with van der Waals surface area (Å²) in [6.45, 7) is 7.73. The lowest BCUT2D eigenvalue weighted by Crippen LogP contribution is -2.28. The predicted molar refractivity (Wildman–Crippen MR) is 79.1 cm³/mol. The Morgan fingerprint density at radius 1 is 1.37 bits per heavy atom. The maximum Gasteiger partial charge on any atom is 0.0726 e. The molecular formula is C16H19N3. The van der Waals surface area contributed by atoms with Gasteiger partial charge in [0, 0.05) is 29.9 Å². The van der Waals surface area contributed by atoms with E-state index in [-0.39, 0.29) is 5.92 Å². The lowest BCUT2D eigenvalue weighted by atomic mass is 10.1. The molecule has 1 aromatic heterocycles. The second kappa shape index (κ2) is 5.71. The monoisotopic (exact) mass is 253 g/mol. The van der Waals surface area contributed by atoms with Crippen LogP contribution < -0.4 is 4.90 Å². The molecule has 0 amide bonds. The second-order valence-electron chi connectivity index (χ2n) is 4.87. The molecule has 19 heavy (non-hydrogen) atoms. The van der Waals surface area contributed by atoms with E-state index in [4.69, 9.17) is 5.26 Å². The van der Waals surface area contributed by atoms with Gasteiger partial charge in [0.25, 0.3) is 0 Å². The molecule has 0 bridgehead atoms. The summed E-state index contributed by atoms with van der Waals surface area (Å²) in [6.07, 6.45) is 0. The second-order valence-corrected chi connectivity index (χ2v) is 4.87. The summed E-state index contributed by atoms with van der Waals surface area (Å²) in [6, 6.07) is 12.6. The summed E-state index contributed by atoms with van der Waals surface area (Å²) in [5.41, 5.74) is 3.20. The van der Waals surface area contributed by atoms with Gasteiger partial charge in [-0.3, -0.25) is 4.98 Å². The Hall–Kier alpha value is -2.08. The van der Waals surface area contributed by atoms with Gasteiger partial charge >= 0.3 is 0 Å². The molecule has 1 unspecified atom stereocenters. The molecule has 98 valence electrons. The largest absolute Gasteiger partial charge is 0.370 e. The lowest BCUT2D eigenvalue weighted by Gasteiger charge is -2.26. The van der Waals surface area contributed by atoms with Crippen molar-refractivity contribution in [1.82, 2.24) is 4.98 Å². The predicted octanol–water partition coefficient (Wildman–Crippen LogP) is 3.53. The molecule has 3 nitrogen and oxygen atoms in total. The van der Waals surface area contributed by atoms with E-state index < -0.39 is 0 Å². The number of aryl methyl sites for hydroxylation is 1. The lowest BCUT2D eigenvalue weighted by molar-refractivity contribution is 0.687. The van der Waals surface area contributed by atoms with Crippen LogP contribution >= 0.6 is 0 Å². The van der Waals surface area contributed by atoms with Crippen molar-refractivity contribution in [2.45, 2.75) is 20.8 Å². The van der Waals surface area contributed by atoms with Crippen molar-refractivity contribution in [2.75, 3.05) is 18.0 Å². The van der Waals surface area contributed by atoms with Crippen molar-refractivity contribution >= 4 is 16.6 Å². The molecule has 0 aliphatic heterocycles. The van der Waals surface area contributed by atoms with E-state index in [1.54, 1.807) is 0 Å². The third kappa shape index (κ3) is 2.85. The van der Waals surface area contributed by atoms with Crippen LogP contribution in [0.15, 0.2) is 30.3 Å². The number of hydrogen-bond acceptors (Lipinski definition) is 3. The molecule has 3 heteroatoms. The van der Waals surface area contributed by atoms with Gasteiger partial charge < -0.3 is 4.90 Å². The highest BCUT2D eigenvalue weighted by molar-refractivity contribution is 5.91. The summed E-state index contributed by atoms with van der Waals surface area (Å²) < 4.78 is 0. The molecule has 0 saturated carbocycles. The van der Waals surface area contributed by atoms with Crippen molar-refractivity contribution in [3.63, 3.8) is 0 Å². The number of rotatable bonds is 4. The van der Waals surface area contributed by atoms with Crippen LogP contribution in [0.25, 0.3) is 10.9 Å². The van der Waals surface area contributed by atoms with Crippen LogP contribution in [-0.4, -0.2) is 18.1 Å². The van der Waals surface area contributed by atoms with E-state index in [0.29, 0.717) is 0 Å². The highest BCUT2D eigenvalue weighted by Gasteiger charge is 2.13. The summed E-state index contributed by atoms with van der Waals surface area (Å²) in [4.78, 5) is 6.82. The number of aromatic nitrogens is 1. The molecule has 1 heterocycles. The Balaban J connectivity index is 2.50. The Kier molecular flexibility index (Phi) is 4.01. The molecule has 0 radical (unpaired) electrons. The molecule has 0 aliphatic carbocycles. The first-order valence-electron chi connectivity index (χ1n) is 6.66. The van der Waals surface area contributed by atoms with Crippen LogP contribution in [0.4, 0.5) is 5.69 Å². The van der Waals surface area contributed by atoms with Crippen LogP contribution in [0.5, 0.6) is 0 Å². The quantitative estimate of drug-likeness (QED) is 0.836. The van der Waals surface area contributed by atoms with Gasteiger partial charge in [-0.15, -0.1) is 0 Å². The molecule has 0 N–H and O–H groups in total. The third-order valence-corrected chi connectivity index (χ3v) is 3.26. The van der Waals surface area contributed by atoms with E-state index in [9.17, 15) is 0 Å². The maximum absolute atomic E-state index is 9.00. The number of pyridine rings is 1. The Labute approximate surface area is 114 Å². The fourth-order valence-corrected chi connectivity index (χ4v) is 2.32. The Morgan fingerprint density at radius 2 is 2.11 bits per heavy atom. The molecule has 1 aromatic carbocycles. The van der Waals surface area contributed by atoms with Crippen molar-refractivity contribution in [3.8, 4) is 6.07 Å². The van der Waals surface area contributed by atoms with Gasteiger partial charge in [0.1, 0.15) is 0 Å². The highest BCUT2D eigenvalue weighted by Crippen LogP contribution is 2.27. The Bertz CT molecular complexity index is 613. The number of benzene rings is 1.